The number of nitrogens with one attached hydrogen (secondary N) is 1. The van der Waals surface area contributed by atoms with Gasteiger partial charge in [-0.05, 0) is 35.9 Å². The highest BCUT2D eigenvalue weighted by Gasteiger charge is 2.18. The fourth-order valence-corrected chi connectivity index (χ4v) is 3.95. The Morgan fingerprint density at radius 2 is 1.73 bits per heavy atom. The summed E-state index contributed by atoms with van der Waals surface area (Å²) in [4.78, 5) is 16.9. The van der Waals surface area contributed by atoms with Gasteiger partial charge in [0.05, 0.1) is 12.0 Å². The van der Waals surface area contributed by atoms with Crippen LogP contribution in [0.4, 0.5) is 5.69 Å². The van der Waals surface area contributed by atoms with E-state index >= 15 is 0 Å². The molecule has 0 spiro atoms. The van der Waals surface area contributed by atoms with Crippen molar-refractivity contribution in [3.05, 3.63) is 54.1 Å². The molecule has 0 unspecified atom stereocenters. The second-order valence-corrected chi connectivity index (χ2v) is 8.90. The van der Waals surface area contributed by atoms with Gasteiger partial charge in [-0.1, -0.05) is 18.2 Å². The number of amides is 1. The average molecular weight is 433 g/mol. The van der Waals surface area contributed by atoms with Crippen molar-refractivity contribution in [3.8, 4) is 5.75 Å². The van der Waals surface area contributed by atoms with Crippen molar-refractivity contribution in [2.24, 2.45) is 5.14 Å². The summed E-state index contributed by atoms with van der Waals surface area (Å²) in [6.07, 6.45) is 0.345. The van der Waals surface area contributed by atoms with E-state index in [2.05, 4.69) is 27.2 Å². The number of nitrogens with zero attached hydrogens (tertiary/aromatic N) is 2. The van der Waals surface area contributed by atoms with Crippen LogP contribution in [0.2, 0.25) is 0 Å². The lowest BCUT2D eigenvalue weighted by molar-refractivity contribution is -0.116. The van der Waals surface area contributed by atoms with Crippen LogP contribution in [0, 0.1) is 0 Å². The number of ether oxygens (including phenoxy) is 1. The molecule has 1 amide bonds. The largest absolute Gasteiger partial charge is 0.497 e. The molecule has 1 heterocycles. The fraction of sp³-hybridized carbons (Fsp3) is 0.381. The first kappa shape index (κ1) is 22.2. The van der Waals surface area contributed by atoms with Crippen LogP contribution in [-0.2, 0) is 21.4 Å². The summed E-state index contributed by atoms with van der Waals surface area (Å²) >= 11 is 0. The highest BCUT2D eigenvalue weighted by atomic mass is 32.2. The van der Waals surface area contributed by atoms with E-state index < -0.39 is 10.0 Å². The zero-order chi connectivity index (χ0) is 21.6. The van der Waals surface area contributed by atoms with Crippen molar-refractivity contribution in [2.45, 2.75) is 17.9 Å². The van der Waals surface area contributed by atoms with E-state index in [9.17, 15) is 13.2 Å². The molecule has 1 fully saturated rings. The summed E-state index contributed by atoms with van der Waals surface area (Å²) < 4.78 is 28.0. The quantitative estimate of drug-likeness (QED) is 0.655. The summed E-state index contributed by atoms with van der Waals surface area (Å²) in [6.45, 7) is 5.28. The van der Waals surface area contributed by atoms with Crippen molar-refractivity contribution >= 4 is 21.6 Å². The Bertz CT molecular complexity index is 955. The lowest BCUT2D eigenvalue weighted by Gasteiger charge is -2.34. The summed E-state index contributed by atoms with van der Waals surface area (Å²) in [6, 6.07) is 14.1. The molecule has 1 aliphatic heterocycles. The van der Waals surface area contributed by atoms with Gasteiger partial charge in [0.2, 0.25) is 15.9 Å². The van der Waals surface area contributed by atoms with E-state index in [1.807, 2.05) is 12.1 Å². The zero-order valence-corrected chi connectivity index (χ0v) is 17.9. The molecule has 0 aliphatic carbocycles. The topological polar surface area (TPSA) is 105 Å². The Morgan fingerprint density at radius 1 is 1.07 bits per heavy atom. The van der Waals surface area contributed by atoms with Gasteiger partial charge >= 0.3 is 0 Å². The monoisotopic (exact) mass is 432 g/mol. The molecule has 30 heavy (non-hydrogen) atoms. The van der Waals surface area contributed by atoms with Crippen LogP contribution in [0.1, 0.15) is 12.0 Å². The van der Waals surface area contributed by atoms with Gasteiger partial charge in [-0.2, -0.15) is 0 Å². The molecule has 3 rings (SSSR count). The van der Waals surface area contributed by atoms with Gasteiger partial charge in [0, 0.05) is 51.4 Å². The lowest BCUT2D eigenvalue weighted by atomic mass is 10.2. The summed E-state index contributed by atoms with van der Waals surface area (Å²) in [7, 11) is -2.13. The van der Waals surface area contributed by atoms with Crippen LogP contribution in [0.3, 0.4) is 0 Å². The van der Waals surface area contributed by atoms with E-state index in [1.54, 1.807) is 19.2 Å². The number of hydrogen-bond acceptors (Lipinski definition) is 6. The molecule has 0 bridgehead atoms. The maximum Gasteiger partial charge on any atom is 0.238 e. The summed E-state index contributed by atoms with van der Waals surface area (Å²) in [5, 5.41) is 7.87. The first-order valence-electron chi connectivity index (χ1n) is 9.84. The molecule has 8 nitrogen and oxygen atoms in total. The maximum absolute atomic E-state index is 12.2. The van der Waals surface area contributed by atoms with Crippen LogP contribution in [0.15, 0.2) is 53.4 Å². The van der Waals surface area contributed by atoms with E-state index in [-0.39, 0.29) is 10.8 Å². The van der Waals surface area contributed by atoms with Crippen molar-refractivity contribution < 1.29 is 17.9 Å². The molecule has 0 radical (unpaired) electrons. The zero-order valence-electron chi connectivity index (χ0n) is 17.1. The van der Waals surface area contributed by atoms with Crippen LogP contribution >= 0.6 is 0 Å². The summed E-state index contributed by atoms with van der Waals surface area (Å²) in [5.74, 6) is 0.709. The van der Waals surface area contributed by atoms with Gasteiger partial charge in [-0.3, -0.25) is 9.69 Å². The number of primary sulfonamides is 1. The molecule has 1 aliphatic rings. The minimum atomic E-state index is -3.79. The Kier molecular flexibility index (Phi) is 7.43. The fourth-order valence-electron chi connectivity index (χ4n) is 3.39. The van der Waals surface area contributed by atoms with Gasteiger partial charge in [0.15, 0.2) is 0 Å². The van der Waals surface area contributed by atoms with Crippen molar-refractivity contribution in [1.82, 2.24) is 9.80 Å². The molecular formula is C21H28N4O4S. The molecule has 0 saturated carbocycles. The smallest absolute Gasteiger partial charge is 0.238 e. The van der Waals surface area contributed by atoms with E-state index in [0.29, 0.717) is 18.7 Å². The molecule has 2 aromatic carbocycles. The van der Waals surface area contributed by atoms with E-state index in [0.717, 1.165) is 38.5 Å². The second-order valence-electron chi connectivity index (χ2n) is 7.34. The molecule has 2 aromatic rings. The second kappa shape index (κ2) is 10.0. The first-order chi connectivity index (χ1) is 14.3. The maximum atomic E-state index is 12.2. The number of piperazine rings is 1. The average Bonchev–Trinajstić information content (AvgIpc) is 2.73. The molecule has 162 valence electrons. The number of rotatable bonds is 8. The van der Waals surface area contributed by atoms with Crippen molar-refractivity contribution in [3.63, 3.8) is 0 Å². The number of methoxy groups -OCH3 is 1. The molecule has 0 aromatic heterocycles. The number of carbonyl (C=O) groups excluding carboxylic acids is 1. The van der Waals surface area contributed by atoms with Gasteiger partial charge < -0.3 is 15.0 Å². The predicted octanol–water partition coefficient (Wildman–Crippen LogP) is 1.49. The lowest BCUT2D eigenvalue weighted by Crippen LogP contribution is -2.46. The molecule has 3 N–H and O–H groups in total. The number of sulfonamides is 1. The standard InChI is InChI=1S/C21H28N4O4S/c1-29-19-7-5-17(6-8-19)16-25-13-11-24(12-14-25)10-9-21(26)23-18-3-2-4-20(15-18)30(22,27)28/h2-8,15H,9-14,16H2,1H3,(H,23,26)(H2,22,27,28). The molecule has 1 saturated heterocycles. The van der Waals surface area contributed by atoms with Crippen LogP contribution in [0.5, 0.6) is 5.75 Å². The van der Waals surface area contributed by atoms with E-state index in [1.165, 1.54) is 17.7 Å². The minimum Gasteiger partial charge on any atom is -0.497 e. The Hall–Kier alpha value is -2.46. The third-order valence-electron chi connectivity index (χ3n) is 5.13. The van der Waals surface area contributed by atoms with Crippen LogP contribution in [-0.4, -0.2) is 64.0 Å². The van der Waals surface area contributed by atoms with Gasteiger partial charge in [-0.15, -0.1) is 0 Å². The normalized spacial score (nSPS) is 15.7. The van der Waals surface area contributed by atoms with E-state index in [4.69, 9.17) is 9.88 Å². The number of nitrogens with two attached hydrogens (primary N) is 1. The third kappa shape index (κ3) is 6.53. The first-order valence-corrected chi connectivity index (χ1v) is 11.4. The van der Waals surface area contributed by atoms with Gasteiger partial charge in [0.25, 0.3) is 0 Å². The SMILES string of the molecule is COc1ccc(CN2CCN(CCC(=O)Nc3cccc(S(N)(=O)=O)c3)CC2)cc1. The predicted molar refractivity (Wildman–Crippen MR) is 116 cm³/mol. The Morgan fingerprint density at radius 3 is 2.37 bits per heavy atom. The molecular weight excluding hydrogens is 404 g/mol. The highest BCUT2D eigenvalue weighted by Crippen LogP contribution is 2.16. The number of anilines is 1. The van der Waals surface area contributed by atoms with Crippen LogP contribution < -0.4 is 15.2 Å². The van der Waals surface area contributed by atoms with Gasteiger partial charge in [0.1, 0.15) is 5.75 Å². The Balaban J connectivity index is 1.40. The molecule has 9 heteroatoms. The van der Waals surface area contributed by atoms with Crippen LogP contribution in [0.25, 0.3) is 0 Å². The number of hydrogen-bond donors (Lipinski definition) is 2. The minimum absolute atomic E-state index is 0.0201. The summed E-state index contributed by atoms with van der Waals surface area (Å²) in [5.41, 5.74) is 1.68. The van der Waals surface area contributed by atoms with Gasteiger partial charge in [-0.25, -0.2) is 13.6 Å². The Labute approximate surface area is 177 Å². The molecule has 0 atom stereocenters. The highest BCUT2D eigenvalue weighted by molar-refractivity contribution is 7.89. The van der Waals surface area contributed by atoms with Crippen molar-refractivity contribution in [2.75, 3.05) is 45.2 Å². The number of benzene rings is 2. The van der Waals surface area contributed by atoms with Crippen molar-refractivity contribution in [1.29, 1.82) is 0 Å². The number of carbonyl (C=O) groups is 1. The third-order valence-corrected chi connectivity index (χ3v) is 6.04.